The van der Waals surface area contributed by atoms with E-state index in [0.717, 1.165) is 24.8 Å². The number of carbonyl (C=O) groups is 1. The summed E-state index contributed by atoms with van der Waals surface area (Å²) in [4.78, 5) is 10.9. The average Bonchev–Trinajstić information content (AvgIpc) is 2.09. The maximum atomic E-state index is 10.9. The van der Waals surface area contributed by atoms with Crippen molar-refractivity contribution < 1.29 is 9.53 Å². The van der Waals surface area contributed by atoms with Crippen molar-refractivity contribution in [2.45, 2.75) is 32.3 Å². The SMILES string of the molecule is C=CC(=O)OC1CCCC=C1C. The molecule has 0 saturated heterocycles. The molecule has 0 radical (unpaired) electrons. The lowest BCUT2D eigenvalue weighted by Gasteiger charge is -2.21. The standard InChI is InChI=1S/C10H14O2/c1-3-10(11)12-9-7-5-4-6-8(9)2/h3,6,9H,1,4-5,7H2,2H3. The minimum atomic E-state index is -0.324. The first-order valence-corrected chi connectivity index (χ1v) is 4.23. The summed E-state index contributed by atoms with van der Waals surface area (Å²) in [5.41, 5.74) is 1.16. The topological polar surface area (TPSA) is 26.3 Å². The number of carbonyl (C=O) groups excluding carboxylic acids is 1. The van der Waals surface area contributed by atoms with Gasteiger partial charge in [-0.3, -0.25) is 0 Å². The molecule has 1 rings (SSSR count). The summed E-state index contributed by atoms with van der Waals surface area (Å²) in [5.74, 6) is -0.324. The third-order valence-corrected chi connectivity index (χ3v) is 2.07. The Bertz CT molecular complexity index is 216. The zero-order valence-electron chi connectivity index (χ0n) is 7.38. The Labute approximate surface area is 72.9 Å². The van der Waals surface area contributed by atoms with E-state index < -0.39 is 0 Å². The van der Waals surface area contributed by atoms with E-state index in [1.807, 2.05) is 6.92 Å². The van der Waals surface area contributed by atoms with Crippen LogP contribution in [0.4, 0.5) is 0 Å². The van der Waals surface area contributed by atoms with Crippen LogP contribution in [0, 0.1) is 0 Å². The second-order valence-corrected chi connectivity index (χ2v) is 3.01. The van der Waals surface area contributed by atoms with Gasteiger partial charge in [0, 0.05) is 6.08 Å². The number of ether oxygens (including phenoxy) is 1. The number of hydrogen-bond donors (Lipinski definition) is 0. The average molecular weight is 166 g/mol. The van der Waals surface area contributed by atoms with E-state index in [2.05, 4.69) is 12.7 Å². The van der Waals surface area contributed by atoms with Crippen LogP contribution >= 0.6 is 0 Å². The first-order valence-electron chi connectivity index (χ1n) is 4.23. The van der Waals surface area contributed by atoms with Crippen LogP contribution in [0.3, 0.4) is 0 Å². The summed E-state index contributed by atoms with van der Waals surface area (Å²) in [7, 11) is 0. The second kappa shape index (κ2) is 4.10. The monoisotopic (exact) mass is 166 g/mol. The molecule has 0 spiro atoms. The maximum absolute atomic E-state index is 10.9. The molecule has 0 N–H and O–H groups in total. The zero-order valence-corrected chi connectivity index (χ0v) is 7.38. The van der Waals surface area contributed by atoms with Gasteiger partial charge in [0.1, 0.15) is 6.10 Å². The second-order valence-electron chi connectivity index (χ2n) is 3.01. The fourth-order valence-corrected chi connectivity index (χ4v) is 1.33. The van der Waals surface area contributed by atoms with E-state index in [1.165, 1.54) is 6.08 Å². The van der Waals surface area contributed by atoms with Crippen LogP contribution < -0.4 is 0 Å². The molecule has 0 amide bonds. The molecule has 1 aliphatic carbocycles. The minimum absolute atomic E-state index is 0.00995. The van der Waals surface area contributed by atoms with Crippen molar-refractivity contribution in [3.05, 3.63) is 24.3 Å². The van der Waals surface area contributed by atoms with Gasteiger partial charge in [0.25, 0.3) is 0 Å². The first kappa shape index (κ1) is 9.04. The van der Waals surface area contributed by atoms with Crippen LogP contribution in [0.5, 0.6) is 0 Å². The van der Waals surface area contributed by atoms with Gasteiger partial charge in [-0.2, -0.15) is 0 Å². The highest BCUT2D eigenvalue weighted by atomic mass is 16.5. The summed E-state index contributed by atoms with van der Waals surface area (Å²) in [6.45, 7) is 5.36. The van der Waals surface area contributed by atoms with Crippen LogP contribution in [-0.4, -0.2) is 12.1 Å². The van der Waals surface area contributed by atoms with Crippen molar-refractivity contribution in [3.63, 3.8) is 0 Å². The van der Waals surface area contributed by atoms with Crippen LogP contribution in [0.2, 0.25) is 0 Å². The van der Waals surface area contributed by atoms with Crippen LogP contribution in [0.1, 0.15) is 26.2 Å². The van der Waals surface area contributed by atoms with E-state index in [9.17, 15) is 4.79 Å². The minimum Gasteiger partial charge on any atom is -0.455 e. The molecule has 0 aromatic heterocycles. The van der Waals surface area contributed by atoms with Gasteiger partial charge in [-0.1, -0.05) is 12.7 Å². The molecule has 0 heterocycles. The molecular formula is C10H14O2. The summed E-state index contributed by atoms with van der Waals surface area (Å²) in [6.07, 6.45) is 6.48. The van der Waals surface area contributed by atoms with Gasteiger partial charge in [-0.15, -0.1) is 0 Å². The Balaban J connectivity index is 2.51. The summed E-state index contributed by atoms with van der Waals surface area (Å²) in [6, 6.07) is 0. The summed E-state index contributed by atoms with van der Waals surface area (Å²) >= 11 is 0. The van der Waals surface area contributed by atoms with Gasteiger partial charge in [0.15, 0.2) is 0 Å². The third kappa shape index (κ3) is 2.22. The fraction of sp³-hybridized carbons (Fsp3) is 0.500. The van der Waals surface area contributed by atoms with Gasteiger partial charge < -0.3 is 4.74 Å². The van der Waals surface area contributed by atoms with Gasteiger partial charge in [0.05, 0.1) is 0 Å². The van der Waals surface area contributed by atoms with E-state index >= 15 is 0 Å². The molecule has 0 bridgehead atoms. The van der Waals surface area contributed by atoms with Gasteiger partial charge in [-0.05, 0) is 31.8 Å². The van der Waals surface area contributed by atoms with Crippen molar-refractivity contribution in [3.8, 4) is 0 Å². The third-order valence-electron chi connectivity index (χ3n) is 2.07. The molecule has 1 atom stereocenters. The molecule has 0 aromatic rings. The Morgan fingerprint density at radius 3 is 3.17 bits per heavy atom. The first-order chi connectivity index (χ1) is 5.74. The van der Waals surface area contributed by atoms with Crippen molar-refractivity contribution in [2.24, 2.45) is 0 Å². The largest absolute Gasteiger partial charge is 0.455 e. The molecule has 2 nitrogen and oxygen atoms in total. The van der Waals surface area contributed by atoms with E-state index in [-0.39, 0.29) is 12.1 Å². The predicted octanol–water partition coefficient (Wildman–Crippen LogP) is 2.21. The highest BCUT2D eigenvalue weighted by Crippen LogP contribution is 2.20. The summed E-state index contributed by atoms with van der Waals surface area (Å²) in [5, 5.41) is 0. The molecule has 1 aliphatic rings. The molecule has 0 fully saturated rings. The van der Waals surface area contributed by atoms with E-state index in [4.69, 9.17) is 4.74 Å². The van der Waals surface area contributed by atoms with Crippen LogP contribution in [-0.2, 0) is 9.53 Å². The lowest BCUT2D eigenvalue weighted by molar-refractivity contribution is -0.141. The molecule has 0 aliphatic heterocycles. The Hall–Kier alpha value is -1.05. The predicted molar refractivity (Wildman–Crippen MR) is 47.7 cm³/mol. The fourth-order valence-electron chi connectivity index (χ4n) is 1.33. The molecule has 0 aromatic carbocycles. The number of allylic oxidation sites excluding steroid dienone is 1. The van der Waals surface area contributed by atoms with Crippen LogP contribution in [0.15, 0.2) is 24.3 Å². The highest BCUT2D eigenvalue weighted by Gasteiger charge is 2.16. The number of rotatable bonds is 2. The maximum Gasteiger partial charge on any atom is 0.330 e. The molecule has 2 heteroatoms. The van der Waals surface area contributed by atoms with Gasteiger partial charge in [-0.25, -0.2) is 4.79 Å². The Kier molecular flexibility index (Phi) is 3.09. The van der Waals surface area contributed by atoms with Crippen molar-refractivity contribution in [1.82, 2.24) is 0 Å². The summed E-state index contributed by atoms with van der Waals surface area (Å²) < 4.78 is 5.13. The lowest BCUT2D eigenvalue weighted by Crippen LogP contribution is -2.20. The molecule has 66 valence electrons. The quantitative estimate of drug-likeness (QED) is 0.357. The van der Waals surface area contributed by atoms with Crippen molar-refractivity contribution in [1.29, 1.82) is 0 Å². The molecule has 0 saturated carbocycles. The number of esters is 1. The molecule has 12 heavy (non-hydrogen) atoms. The Morgan fingerprint density at radius 1 is 1.83 bits per heavy atom. The number of hydrogen-bond acceptors (Lipinski definition) is 2. The normalized spacial score (nSPS) is 22.8. The highest BCUT2D eigenvalue weighted by molar-refractivity contribution is 5.81. The van der Waals surface area contributed by atoms with Crippen molar-refractivity contribution in [2.75, 3.05) is 0 Å². The van der Waals surface area contributed by atoms with Gasteiger partial charge in [0.2, 0.25) is 0 Å². The Morgan fingerprint density at radius 2 is 2.58 bits per heavy atom. The zero-order chi connectivity index (χ0) is 8.97. The lowest BCUT2D eigenvalue weighted by atomic mass is 9.98. The molecule has 1 unspecified atom stereocenters. The van der Waals surface area contributed by atoms with E-state index in [0.29, 0.717) is 0 Å². The van der Waals surface area contributed by atoms with E-state index in [1.54, 1.807) is 0 Å². The molecular weight excluding hydrogens is 152 g/mol. The smallest absolute Gasteiger partial charge is 0.330 e. The van der Waals surface area contributed by atoms with Crippen LogP contribution in [0.25, 0.3) is 0 Å². The van der Waals surface area contributed by atoms with Gasteiger partial charge >= 0.3 is 5.97 Å². The van der Waals surface area contributed by atoms with Crippen molar-refractivity contribution >= 4 is 5.97 Å².